The molecule has 4 nitrogen and oxygen atoms in total. The molecule has 1 rings (SSSR count). The zero-order chi connectivity index (χ0) is 9.84. The third-order valence-electron chi connectivity index (χ3n) is 2.43. The van der Waals surface area contributed by atoms with Crippen LogP contribution in [-0.4, -0.2) is 62.5 Å². The maximum absolute atomic E-state index is 11.6. The summed E-state index contributed by atoms with van der Waals surface area (Å²) in [6.07, 6.45) is 1.08. The summed E-state index contributed by atoms with van der Waals surface area (Å²) in [6, 6.07) is 0.396. The van der Waals surface area contributed by atoms with Gasteiger partial charge in [0, 0.05) is 19.6 Å². The lowest BCUT2D eigenvalue weighted by Crippen LogP contribution is -2.42. The van der Waals surface area contributed by atoms with E-state index in [0.29, 0.717) is 12.6 Å². The number of nitrogens with one attached hydrogen (secondary N) is 1. The second-order valence-electron chi connectivity index (χ2n) is 3.89. The van der Waals surface area contributed by atoms with E-state index in [1.807, 2.05) is 30.9 Å². The molecule has 1 aliphatic rings. The predicted molar refractivity (Wildman–Crippen MR) is 52.6 cm³/mol. The first-order valence-corrected chi connectivity index (χ1v) is 4.72. The molecule has 0 aromatic carbocycles. The number of nitrogens with zero attached hydrogens (tertiary/aromatic N) is 2. The maximum Gasteiger partial charge on any atom is 0.236 e. The number of amides is 1. The predicted octanol–water partition coefficient (Wildman–Crippen LogP) is -0.632. The maximum atomic E-state index is 11.6. The van der Waals surface area contributed by atoms with Crippen LogP contribution in [0.3, 0.4) is 0 Å². The fourth-order valence-electron chi connectivity index (χ4n) is 1.56. The minimum atomic E-state index is 0.207. The quantitative estimate of drug-likeness (QED) is 0.636. The van der Waals surface area contributed by atoms with Crippen LogP contribution in [0.5, 0.6) is 0 Å². The Morgan fingerprint density at radius 3 is 2.62 bits per heavy atom. The van der Waals surface area contributed by atoms with Crippen molar-refractivity contribution in [1.29, 1.82) is 0 Å². The number of rotatable bonds is 3. The van der Waals surface area contributed by atoms with E-state index >= 15 is 0 Å². The molecule has 1 fully saturated rings. The molecule has 0 aromatic heterocycles. The Labute approximate surface area is 79.9 Å². The van der Waals surface area contributed by atoms with Crippen LogP contribution < -0.4 is 5.32 Å². The topological polar surface area (TPSA) is 35.6 Å². The molecule has 13 heavy (non-hydrogen) atoms. The van der Waals surface area contributed by atoms with Crippen molar-refractivity contribution in [2.24, 2.45) is 0 Å². The molecule has 0 aromatic rings. The first-order chi connectivity index (χ1) is 6.11. The molecule has 1 aliphatic heterocycles. The van der Waals surface area contributed by atoms with Gasteiger partial charge >= 0.3 is 0 Å². The van der Waals surface area contributed by atoms with Gasteiger partial charge in [-0.05, 0) is 27.1 Å². The van der Waals surface area contributed by atoms with Crippen molar-refractivity contribution >= 4 is 5.91 Å². The number of hydrogen-bond donors (Lipinski definition) is 1. The van der Waals surface area contributed by atoms with Crippen LogP contribution in [0, 0.1) is 0 Å². The van der Waals surface area contributed by atoms with E-state index in [1.165, 1.54) is 0 Å². The molecule has 1 amide bonds. The smallest absolute Gasteiger partial charge is 0.236 e. The molecule has 4 heteroatoms. The minimum absolute atomic E-state index is 0.207. The largest absolute Gasteiger partial charge is 0.340 e. The van der Waals surface area contributed by atoms with Crippen molar-refractivity contribution in [3.8, 4) is 0 Å². The van der Waals surface area contributed by atoms with Gasteiger partial charge in [0.25, 0.3) is 0 Å². The molecule has 1 unspecified atom stereocenters. The Balaban J connectivity index is 2.36. The van der Waals surface area contributed by atoms with Gasteiger partial charge in [0.15, 0.2) is 0 Å². The first-order valence-electron chi connectivity index (χ1n) is 4.72. The van der Waals surface area contributed by atoms with Crippen LogP contribution in [0.2, 0.25) is 0 Å². The molecule has 0 aliphatic carbocycles. The van der Waals surface area contributed by atoms with E-state index in [2.05, 4.69) is 5.32 Å². The number of likely N-dealkylation sites (N-methyl/N-ethyl adjacent to an activating group) is 2. The van der Waals surface area contributed by atoms with Crippen molar-refractivity contribution in [3.05, 3.63) is 0 Å². The lowest BCUT2D eigenvalue weighted by atomic mass is 10.2. The Bertz CT molecular complexity index is 176. The van der Waals surface area contributed by atoms with Crippen molar-refractivity contribution in [2.75, 3.05) is 40.8 Å². The summed E-state index contributed by atoms with van der Waals surface area (Å²) >= 11 is 0. The highest BCUT2D eigenvalue weighted by Gasteiger charge is 2.22. The number of hydrogen-bond acceptors (Lipinski definition) is 3. The summed E-state index contributed by atoms with van der Waals surface area (Å²) in [7, 11) is 5.72. The van der Waals surface area contributed by atoms with Crippen LogP contribution in [0.1, 0.15) is 6.42 Å². The monoisotopic (exact) mass is 185 g/mol. The number of carbonyl (C=O) groups excluding carboxylic acids is 1. The molecule has 1 N–H and O–H groups in total. The van der Waals surface area contributed by atoms with Crippen LogP contribution in [-0.2, 0) is 4.79 Å². The van der Waals surface area contributed by atoms with E-state index in [1.54, 1.807) is 0 Å². The SMILES string of the molecule is CN(C)CC(=O)N(C)C1CCNC1. The van der Waals surface area contributed by atoms with E-state index in [9.17, 15) is 4.79 Å². The number of carbonyl (C=O) groups is 1. The Morgan fingerprint density at radius 2 is 2.15 bits per heavy atom. The van der Waals surface area contributed by atoms with E-state index in [4.69, 9.17) is 0 Å². The van der Waals surface area contributed by atoms with Crippen molar-refractivity contribution in [3.63, 3.8) is 0 Å². The van der Waals surface area contributed by atoms with Gasteiger partial charge in [-0.3, -0.25) is 4.79 Å². The van der Waals surface area contributed by atoms with Crippen LogP contribution in [0.4, 0.5) is 0 Å². The van der Waals surface area contributed by atoms with Crippen molar-refractivity contribution in [1.82, 2.24) is 15.1 Å². The van der Waals surface area contributed by atoms with Gasteiger partial charge in [-0.1, -0.05) is 0 Å². The fraction of sp³-hybridized carbons (Fsp3) is 0.889. The fourth-order valence-corrected chi connectivity index (χ4v) is 1.56. The highest BCUT2D eigenvalue weighted by atomic mass is 16.2. The van der Waals surface area contributed by atoms with Gasteiger partial charge in [0.05, 0.1) is 6.54 Å². The molecule has 0 bridgehead atoms. The summed E-state index contributed by atoms with van der Waals surface area (Å²) < 4.78 is 0. The van der Waals surface area contributed by atoms with Crippen molar-refractivity contribution in [2.45, 2.75) is 12.5 Å². The van der Waals surface area contributed by atoms with E-state index < -0.39 is 0 Å². The molecular formula is C9H19N3O. The summed E-state index contributed by atoms with van der Waals surface area (Å²) in [4.78, 5) is 15.4. The summed E-state index contributed by atoms with van der Waals surface area (Å²) in [5, 5.41) is 3.25. The summed E-state index contributed by atoms with van der Waals surface area (Å²) in [5.41, 5.74) is 0. The van der Waals surface area contributed by atoms with Gasteiger partial charge < -0.3 is 15.1 Å². The Kier molecular flexibility index (Phi) is 3.69. The molecule has 0 saturated carbocycles. The molecule has 1 heterocycles. The average molecular weight is 185 g/mol. The van der Waals surface area contributed by atoms with Gasteiger partial charge in [-0.25, -0.2) is 0 Å². The Hall–Kier alpha value is -0.610. The summed E-state index contributed by atoms with van der Waals surface area (Å²) in [5.74, 6) is 0.207. The highest BCUT2D eigenvalue weighted by molar-refractivity contribution is 5.78. The third kappa shape index (κ3) is 2.97. The molecule has 1 saturated heterocycles. The molecule has 0 radical (unpaired) electrons. The molecular weight excluding hydrogens is 166 g/mol. The van der Waals surface area contributed by atoms with Gasteiger partial charge in [0.2, 0.25) is 5.91 Å². The van der Waals surface area contributed by atoms with Gasteiger partial charge in [0.1, 0.15) is 0 Å². The lowest BCUT2D eigenvalue weighted by Gasteiger charge is -2.25. The van der Waals surface area contributed by atoms with Crippen LogP contribution in [0.25, 0.3) is 0 Å². The average Bonchev–Trinajstić information content (AvgIpc) is 2.53. The van der Waals surface area contributed by atoms with E-state index in [-0.39, 0.29) is 5.91 Å². The van der Waals surface area contributed by atoms with Crippen LogP contribution >= 0.6 is 0 Å². The minimum Gasteiger partial charge on any atom is -0.340 e. The summed E-state index contributed by atoms with van der Waals surface area (Å²) in [6.45, 7) is 2.48. The first kappa shape index (κ1) is 10.5. The molecule has 0 spiro atoms. The third-order valence-corrected chi connectivity index (χ3v) is 2.43. The standard InChI is InChI=1S/C9H19N3O/c1-11(2)7-9(13)12(3)8-4-5-10-6-8/h8,10H,4-7H2,1-3H3. The Morgan fingerprint density at radius 1 is 1.46 bits per heavy atom. The second-order valence-corrected chi connectivity index (χ2v) is 3.89. The highest BCUT2D eigenvalue weighted by Crippen LogP contribution is 2.06. The van der Waals surface area contributed by atoms with Crippen molar-refractivity contribution < 1.29 is 4.79 Å². The second kappa shape index (κ2) is 4.58. The van der Waals surface area contributed by atoms with Gasteiger partial charge in [-0.15, -0.1) is 0 Å². The zero-order valence-electron chi connectivity index (χ0n) is 8.71. The zero-order valence-corrected chi connectivity index (χ0v) is 8.71. The van der Waals surface area contributed by atoms with Crippen LogP contribution in [0.15, 0.2) is 0 Å². The lowest BCUT2D eigenvalue weighted by molar-refractivity contribution is -0.132. The molecule has 1 atom stereocenters. The van der Waals surface area contributed by atoms with Gasteiger partial charge in [-0.2, -0.15) is 0 Å². The normalized spacial score (nSPS) is 22.3. The molecule has 76 valence electrons. The van der Waals surface area contributed by atoms with E-state index in [0.717, 1.165) is 19.5 Å².